The average Bonchev–Trinajstić information content (AvgIpc) is 2.86. The first-order chi connectivity index (χ1) is 11.5. The quantitative estimate of drug-likeness (QED) is 0.802. The molecule has 1 aliphatic rings. The van der Waals surface area contributed by atoms with E-state index in [1.807, 2.05) is 19.9 Å². The largest absolute Gasteiger partial charge is 0.480 e. The summed E-state index contributed by atoms with van der Waals surface area (Å²) in [6.45, 7) is 4.25. The summed E-state index contributed by atoms with van der Waals surface area (Å²) in [5, 5.41) is 11.9. The molecule has 6 nitrogen and oxygen atoms in total. The molecule has 1 atom stereocenters. The van der Waals surface area contributed by atoms with Crippen LogP contribution >= 0.6 is 0 Å². The van der Waals surface area contributed by atoms with Crippen molar-refractivity contribution >= 4 is 11.9 Å². The standard InChI is InChI=1S/C18H28N2O4/c1-12-11-15(13(2)20(12)14-7-5-4-6-8-14)17(21)19-16(18(22)23)9-10-24-3/h11,14,16H,4-10H2,1-3H3,(H,19,21)(H,22,23). The van der Waals surface area contributed by atoms with Gasteiger partial charge in [-0.25, -0.2) is 4.79 Å². The van der Waals surface area contributed by atoms with Crippen LogP contribution in [0.3, 0.4) is 0 Å². The number of carboxylic acid groups (broad SMARTS) is 1. The Bertz CT molecular complexity index is 588. The van der Waals surface area contributed by atoms with Crippen molar-refractivity contribution in [1.82, 2.24) is 9.88 Å². The average molecular weight is 336 g/mol. The first-order valence-corrected chi connectivity index (χ1v) is 8.66. The van der Waals surface area contributed by atoms with Gasteiger partial charge in [-0.05, 0) is 32.8 Å². The van der Waals surface area contributed by atoms with Gasteiger partial charge in [-0.1, -0.05) is 19.3 Å². The lowest BCUT2D eigenvalue weighted by Gasteiger charge is -2.26. The number of methoxy groups -OCH3 is 1. The number of aliphatic carboxylic acids is 1. The highest BCUT2D eigenvalue weighted by molar-refractivity contribution is 5.97. The molecule has 134 valence electrons. The Hall–Kier alpha value is -1.82. The molecule has 1 saturated carbocycles. The van der Waals surface area contributed by atoms with Crippen LogP contribution in [0, 0.1) is 13.8 Å². The van der Waals surface area contributed by atoms with Crippen molar-refractivity contribution < 1.29 is 19.4 Å². The third kappa shape index (κ3) is 4.17. The number of carbonyl (C=O) groups excluding carboxylic acids is 1. The third-order valence-electron chi connectivity index (χ3n) is 4.88. The minimum absolute atomic E-state index is 0.249. The predicted molar refractivity (Wildman–Crippen MR) is 91.4 cm³/mol. The number of ether oxygens (including phenoxy) is 1. The molecule has 1 unspecified atom stereocenters. The molecule has 1 amide bonds. The van der Waals surface area contributed by atoms with Crippen molar-refractivity contribution in [3.8, 4) is 0 Å². The Morgan fingerprint density at radius 2 is 2.00 bits per heavy atom. The maximum absolute atomic E-state index is 12.6. The van der Waals surface area contributed by atoms with Crippen molar-refractivity contribution in [2.24, 2.45) is 0 Å². The van der Waals surface area contributed by atoms with E-state index < -0.39 is 12.0 Å². The van der Waals surface area contributed by atoms with E-state index >= 15 is 0 Å². The minimum Gasteiger partial charge on any atom is -0.480 e. The fourth-order valence-corrected chi connectivity index (χ4v) is 3.64. The second-order valence-corrected chi connectivity index (χ2v) is 6.59. The topological polar surface area (TPSA) is 80.6 Å². The Morgan fingerprint density at radius 1 is 1.33 bits per heavy atom. The summed E-state index contributed by atoms with van der Waals surface area (Å²) in [7, 11) is 1.51. The molecular formula is C18H28N2O4. The number of nitrogens with one attached hydrogen (secondary N) is 1. The molecule has 24 heavy (non-hydrogen) atoms. The van der Waals surface area contributed by atoms with Crippen LogP contribution in [0.25, 0.3) is 0 Å². The van der Waals surface area contributed by atoms with E-state index in [2.05, 4.69) is 9.88 Å². The van der Waals surface area contributed by atoms with Crippen LogP contribution in [0.5, 0.6) is 0 Å². The van der Waals surface area contributed by atoms with Crippen LogP contribution in [0.15, 0.2) is 6.07 Å². The molecule has 2 rings (SSSR count). The van der Waals surface area contributed by atoms with Gasteiger partial charge in [0.05, 0.1) is 5.56 Å². The van der Waals surface area contributed by atoms with Crippen molar-refractivity contribution in [2.75, 3.05) is 13.7 Å². The maximum Gasteiger partial charge on any atom is 0.326 e. The number of carbonyl (C=O) groups is 2. The van der Waals surface area contributed by atoms with E-state index in [4.69, 9.17) is 4.74 Å². The van der Waals surface area contributed by atoms with Crippen LogP contribution in [0.4, 0.5) is 0 Å². The summed E-state index contributed by atoms with van der Waals surface area (Å²) in [5.41, 5.74) is 2.56. The molecule has 0 aromatic carbocycles. The number of aromatic nitrogens is 1. The van der Waals surface area contributed by atoms with Gasteiger partial charge >= 0.3 is 5.97 Å². The lowest BCUT2D eigenvalue weighted by molar-refractivity contribution is -0.139. The van der Waals surface area contributed by atoms with Crippen LogP contribution < -0.4 is 5.32 Å². The van der Waals surface area contributed by atoms with Gasteiger partial charge in [0.15, 0.2) is 0 Å². The van der Waals surface area contributed by atoms with Crippen molar-refractivity contribution in [3.05, 3.63) is 23.0 Å². The smallest absolute Gasteiger partial charge is 0.326 e. The fourth-order valence-electron chi connectivity index (χ4n) is 3.64. The second-order valence-electron chi connectivity index (χ2n) is 6.59. The van der Waals surface area contributed by atoms with Crippen LogP contribution in [-0.4, -0.2) is 41.3 Å². The molecule has 1 fully saturated rings. The number of carboxylic acids is 1. The molecule has 0 aliphatic heterocycles. The van der Waals surface area contributed by atoms with Gasteiger partial charge in [0, 0.05) is 37.6 Å². The number of aryl methyl sites for hydroxylation is 1. The molecule has 1 aromatic rings. The molecule has 2 N–H and O–H groups in total. The molecule has 0 saturated heterocycles. The summed E-state index contributed by atoms with van der Waals surface area (Å²) in [4.78, 5) is 23.9. The molecule has 1 heterocycles. The zero-order chi connectivity index (χ0) is 17.7. The Morgan fingerprint density at radius 3 is 2.58 bits per heavy atom. The minimum atomic E-state index is -1.04. The third-order valence-corrected chi connectivity index (χ3v) is 4.88. The summed E-state index contributed by atoms with van der Waals surface area (Å²) in [5.74, 6) is -1.37. The Labute approximate surface area is 143 Å². The van der Waals surface area contributed by atoms with Crippen molar-refractivity contribution in [3.63, 3.8) is 0 Å². The molecule has 0 bridgehead atoms. The summed E-state index contributed by atoms with van der Waals surface area (Å²) >= 11 is 0. The lowest BCUT2D eigenvalue weighted by atomic mass is 9.95. The Kier molecular flexibility index (Phi) is 6.43. The highest BCUT2D eigenvalue weighted by Gasteiger charge is 2.25. The summed E-state index contributed by atoms with van der Waals surface area (Å²) in [6.07, 6.45) is 6.26. The fraction of sp³-hybridized carbons (Fsp3) is 0.667. The molecule has 1 aromatic heterocycles. The van der Waals surface area contributed by atoms with E-state index in [9.17, 15) is 14.7 Å². The van der Waals surface area contributed by atoms with E-state index in [0.717, 1.165) is 24.2 Å². The summed E-state index contributed by atoms with van der Waals surface area (Å²) < 4.78 is 7.17. The van der Waals surface area contributed by atoms with Gasteiger partial charge in [0.25, 0.3) is 5.91 Å². The van der Waals surface area contributed by atoms with Gasteiger partial charge in [-0.3, -0.25) is 4.79 Å². The van der Waals surface area contributed by atoms with E-state index in [1.54, 1.807) is 0 Å². The van der Waals surface area contributed by atoms with Crippen molar-refractivity contribution in [2.45, 2.75) is 64.5 Å². The van der Waals surface area contributed by atoms with Crippen LogP contribution in [-0.2, 0) is 9.53 Å². The molecule has 1 aliphatic carbocycles. The monoisotopic (exact) mass is 336 g/mol. The van der Waals surface area contributed by atoms with Gasteiger partial charge in [-0.15, -0.1) is 0 Å². The summed E-state index contributed by atoms with van der Waals surface area (Å²) in [6, 6.07) is 1.38. The zero-order valence-electron chi connectivity index (χ0n) is 14.8. The highest BCUT2D eigenvalue weighted by Crippen LogP contribution is 2.32. The molecule has 6 heteroatoms. The number of rotatable bonds is 7. The maximum atomic E-state index is 12.6. The highest BCUT2D eigenvalue weighted by atomic mass is 16.5. The molecular weight excluding hydrogens is 308 g/mol. The number of nitrogens with zero attached hydrogens (tertiary/aromatic N) is 1. The van der Waals surface area contributed by atoms with Crippen molar-refractivity contribution in [1.29, 1.82) is 0 Å². The molecule has 0 radical (unpaired) electrons. The number of hydrogen-bond donors (Lipinski definition) is 2. The first kappa shape index (κ1) is 18.5. The Balaban J connectivity index is 2.16. The van der Waals surface area contributed by atoms with Gasteiger partial charge in [0.1, 0.15) is 6.04 Å². The lowest BCUT2D eigenvalue weighted by Crippen LogP contribution is -2.41. The first-order valence-electron chi connectivity index (χ1n) is 8.66. The van der Waals surface area contributed by atoms with Gasteiger partial charge in [0.2, 0.25) is 0 Å². The zero-order valence-corrected chi connectivity index (χ0v) is 14.8. The van der Waals surface area contributed by atoms with Crippen LogP contribution in [0.1, 0.15) is 66.3 Å². The van der Waals surface area contributed by atoms with E-state index in [1.165, 1.54) is 26.4 Å². The van der Waals surface area contributed by atoms with Gasteiger partial charge < -0.3 is 19.7 Å². The molecule has 0 spiro atoms. The number of amides is 1. The van der Waals surface area contributed by atoms with E-state index in [0.29, 0.717) is 18.2 Å². The van der Waals surface area contributed by atoms with Crippen LogP contribution in [0.2, 0.25) is 0 Å². The SMILES string of the molecule is COCCC(NC(=O)c1cc(C)n(C2CCCCC2)c1C)C(=O)O. The van der Waals surface area contributed by atoms with Gasteiger partial charge in [-0.2, -0.15) is 0 Å². The second kappa shape index (κ2) is 8.33. The normalized spacial score (nSPS) is 16.8. The number of hydrogen-bond acceptors (Lipinski definition) is 3. The van der Waals surface area contributed by atoms with E-state index in [-0.39, 0.29) is 12.3 Å². The predicted octanol–water partition coefficient (Wildman–Crippen LogP) is 2.83.